The van der Waals surface area contributed by atoms with Gasteiger partial charge in [-0.1, -0.05) is 31.2 Å². The number of fused-ring (bicyclic) bond motifs is 1. The molecule has 1 saturated heterocycles. The van der Waals surface area contributed by atoms with Crippen molar-refractivity contribution < 1.29 is 14.3 Å². The van der Waals surface area contributed by atoms with Crippen LogP contribution in [0.25, 0.3) is 11.1 Å². The van der Waals surface area contributed by atoms with Crippen molar-refractivity contribution in [1.82, 2.24) is 4.98 Å². The fraction of sp³-hybridized carbons (Fsp3) is 0.367. The summed E-state index contributed by atoms with van der Waals surface area (Å²) in [6.07, 6.45) is 4.26. The lowest BCUT2D eigenvalue weighted by Crippen LogP contribution is -2.44. The number of nitrogens with one attached hydrogen (secondary N) is 1. The van der Waals surface area contributed by atoms with Gasteiger partial charge in [-0.05, 0) is 74.1 Å². The summed E-state index contributed by atoms with van der Waals surface area (Å²) in [5.41, 5.74) is 4.67. The van der Waals surface area contributed by atoms with E-state index < -0.39 is 0 Å². The Balaban J connectivity index is 1.33. The van der Waals surface area contributed by atoms with E-state index in [4.69, 9.17) is 9.72 Å². The maximum atomic E-state index is 13.3. The van der Waals surface area contributed by atoms with Gasteiger partial charge in [0.1, 0.15) is 23.5 Å². The number of ether oxygens (including phenoxy) is 1. The summed E-state index contributed by atoms with van der Waals surface area (Å²) in [6, 6.07) is 17.8. The molecule has 0 aliphatic carbocycles. The minimum atomic E-state index is -0.162. The molecule has 0 saturated carbocycles. The highest BCUT2D eigenvalue weighted by Gasteiger charge is 2.29. The van der Waals surface area contributed by atoms with Crippen LogP contribution in [0.1, 0.15) is 39.2 Å². The van der Waals surface area contributed by atoms with Crippen LogP contribution < -0.4 is 19.9 Å². The third-order valence-electron chi connectivity index (χ3n) is 7.17. The molecule has 3 aromatic rings. The number of urea groups is 1. The number of nitrogens with zero attached hydrogens (tertiary/aromatic N) is 3. The Morgan fingerprint density at radius 3 is 2.65 bits per heavy atom. The molecule has 5 rings (SSSR count). The zero-order valence-corrected chi connectivity index (χ0v) is 21.7. The smallest absolute Gasteiger partial charge is 0.326 e. The molecule has 2 aliphatic heterocycles. The van der Waals surface area contributed by atoms with Crippen molar-refractivity contribution in [2.24, 2.45) is 5.92 Å². The molecule has 0 bridgehead atoms. The van der Waals surface area contributed by atoms with Crippen molar-refractivity contribution in [3.05, 3.63) is 66.4 Å². The SMILES string of the molecule is CCc1ccccc1NC(=O)N1CC(C)Oc2cc(-c3ccc(N4CCC(CC(C)=O)C4)nc3)ccc21. The molecular formula is C30H34N4O3. The molecular weight excluding hydrogens is 464 g/mol. The second kappa shape index (κ2) is 10.6. The molecule has 1 fully saturated rings. The van der Waals surface area contributed by atoms with Crippen LogP contribution in [0.15, 0.2) is 60.8 Å². The maximum Gasteiger partial charge on any atom is 0.326 e. The summed E-state index contributed by atoms with van der Waals surface area (Å²) in [6.45, 7) is 7.99. The van der Waals surface area contributed by atoms with Crippen molar-refractivity contribution in [3.63, 3.8) is 0 Å². The van der Waals surface area contributed by atoms with Crippen LogP contribution in [0.5, 0.6) is 5.75 Å². The van der Waals surface area contributed by atoms with Gasteiger partial charge in [-0.3, -0.25) is 4.90 Å². The Labute approximate surface area is 218 Å². The Morgan fingerprint density at radius 1 is 1.08 bits per heavy atom. The summed E-state index contributed by atoms with van der Waals surface area (Å²) in [4.78, 5) is 33.5. The highest BCUT2D eigenvalue weighted by molar-refractivity contribution is 6.03. The van der Waals surface area contributed by atoms with E-state index in [1.807, 2.05) is 61.7 Å². The molecule has 2 atom stereocenters. The lowest BCUT2D eigenvalue weighted by atomic mass is 10.0. The fourth-order valence-corrected chi connectivity index (χ4v) is 5.30. The monoisotopic (exact) mass is 498 g/mol. The summed E-state index contributed by atoms with van der Waals surface area (Å²) in [7, 11) is 0. The van der Waals surface area contributed by atoms with Crippen LogP contribution in [-0.2, 0) is 11.2 Å². The van der Waals surface area contributed by atoms with Crippen molar-refractivity contribution in [3.8, 4) is 16.9 Å². The molecule has 0 spiro atoms. The van der Waals surface area contributed by atoms with Crippen LogP contribution in [-0.4, -0.2) is 42.5 Å². The molecule has 2 amide bonds. The molecule has 7 heteroatoms. The number of anilines is 3. The van der Waals surface area contributed by atoms with Gasteiger partial charge in [-0.2, -0.15) is 0 Å². The van der Waals surface area contributed by atoms with Crippen molar-refractivity contribution >= 4 is 29.0 Å². The Kier molecular flexibility index (Phi) is 7.12. The fourth-order valence-electron chi connectivity index (χ4n) is 5.30. The Bertz CT molecular complexity index is 1290. The average Bonchev–Trinajstić information content (AvgIpc) is 3.36. The minimum absolute atomic E-state index is 0.131. The number of ketones is 1. The lowest BCUT2D eigenvalue weighted by molar-refractivity contribution is -0.117. The van der Waals surface area contributed by atoms with E-state index in [2.05, 4.69) is 23.2 Å². The number of amides is 2. The van der Waals surface area contributed by atoms with E-state index in [0.717, 1.165) is 59.8 Å². The van der Waals surface area contributed by atoms with Crippen molar-refractivity contribution in [2.75, 3.05) is 34.8 Å². The van der Waals surface area contributed by atoms with Crippen molar-refractivity contribution in [1.29, 1.82) is 0 Å². The first kappa shape index (κ1) is 24.8. The highest BCUT2D eigenvalue weighted by Crippen LogP contribution is 2.38. The second-order valence-corrected chi connectivity index (χ2v) is 10.1. The molecule has 3 heterocycles. The largest absolute Gasteiger partial charge is 0.487 e. The van der Waals surface area contributed by atoms with E-state index in [-0.39, 0.29) is 17.9 Å². The van der Waals surface area contributed by atoms with E-state index in [0.29, 0.717) is 24.6 Å². The predicted octanol–water partition coefficient (Wildman–Crippen LogP) is 5.94. The number of aryl methyl sites for hydroxylation is 1. The van der Waals surface area contributed by atoms with Gasteiger partial charge < -0.3 is 19.7 Å². The first-order valence-corrected chi connectivity index (χ1v) is 13.1. The zero-order valence-electron chi connectivity index (χ0n) is 21.7. The van der Waals surface area contributed by atoms with Gasteiger partial charge >= 0.3 is 6.03 Å². The van der Waals surface area contributed by atoms with Gasteiger partial charge in [0.15, 0.2) is 0 Å². The van der Waals surface area contributed by atoms with Gasteiger partial charge in [-0.25, -0.2) is 9.78 Å². The maximum absolute atomic E-state index is 13.3. The van der Waals surface area contributed by atoms with Crippen LogP contribution >= 0.6 is 0 Å². The number of carbonyl (C=O) groups excluding carboxylic acids is 2. The summed E-state index contributed by atoms with van der Waals surface area (Å²) >= 11 is 0. The third-order valence-corrected chi connectivity index (χ3v) is 7.17. The summed E-state index contributed by atoms with van der Waals surface area (Å²) in [5, 5.41) is 3.08. The second-order valence-electron chi connectivity index (χ2n) is 10.1. The van der Waals surface area contributed by atoms with E-state index in [9.17, 15) is 9.59 Å². The van der Waals surface area contributed by atoms with E-state index in [1.54, 1.807) is 11.8 Å². The molecule has 7 nitrogen and oxygen atoms in total. The molecule has 1 N–H and O–H groups in total. The quantitative estimate of drug-likeness (QED) is 0.456. The molecule has 37 heavy (non-hydrogen) atoms. The van der Waals surface area contributed by atoms with Crippen LogP contribution in [0, 0.1) is 5.92 Å². The number of carbonyl (C=O) groups is 2. The predicted molar refractivity (Wildman–Crippen MR) is 148 cm³/mol. The molecule has 1 aromatic heterocycles. The minimum Gasteiger partial charge on any atom is -0.487 e. The number of hydrogen-bond acceptors (Lipinski definition) is 5. The molecule has 2 unspecified atom stereocenters. The van der Waals surface area contributed by atoms with Crippen LogP contribution in [0.2, 0.25) is 0 Å². The number of rotatable bonds is 6. The van der Waals surface area contributed by atoms with E-state index >= 15 is 0 Å². The Hall–Kier alpha value is -3.87. The topological polar surface area (TPSA) is 74.8 Å². The number of benzene rings is 2. The van der Waals surface area contributed by atoms with Gasteiger partial charge in [0.25, 0.3) is 0 Å². The van der Waals surface area contributed by atoms with Crippen molar-refractivity contribution in [2.45, 2.75) is 46.1 Å². The average molecular weight is 499 g/mol. The lowest BCUT2D eigenvalue weighted by Gasteiger charge is -2.34. The summed E-state index contributed by atoms with van der Waals surface area (Å²) < 4.78 is 6.14. The van der Waals surface area contributed by atoms with Crippen LogP contribution in [0.3, 0.4) is 0 Å². The standard InChI is InChI=1S/C30H34N4O3/c1-4-23-7-5-6-8-26(23)32-30(36)34-18-21(3)37-28-16-24(9-11-27(28)34)25-10-12-29(31-17-25)33-14-13-22(19-33)15-20(2)35/h5-12,16-17,21-22H,4,13-15,18-19H2,1-3H3,(H,32,36). The van der Waals surface area contributed by atoms with E-state index in [1.165, 1.54) is 0 Å². The number of hydrogen-bond donors (Lipinski definition) is 1. The molecule has 2 aliphatic rings. The van der Waals surface area contributed by atoms with Gasteiger partial charge in [-0.15, -0.1) is 0 Å². The Morgan fingerprint density at radius 2 is 1.89 bits per heavy atom. The number of Topliss-reactive ketones (excluding diaryl/α,β-unsaturated/α-hetero) is 1. The normalized spacial score (nSPS) is 18.8. The highest BCUT2D eigenvalue weighted by atomic mass is 16.5. The summed E-state index contributed by atoms with van der Waals surface area (Å²) in [5.74, 6) is 2.29. The number of para-hydroxylation sites is 1. The molecule has 192 valence electrons. The van der Waals surface area contributed by atoms with Gasteiger partial charge in [0.2, 0.25) is 0 Å². The number of pyridine rings is 1. The van der Waals surface area contributed by atoms with Gasteiger partial charge in [0.05, 0.1) is 12.2 Å². The third kappa shape index (κ3) is 5.45. The van der Waals surface area contributed by atoms with Crippen LogP contribution in [0.4, 0.5) is 22.0 Å². The number of aromatic nitrogens is 1. The molecule has 2 aromatic carbocycles. The molecule has 0 radical (unpaired) electrons. The van der Waals surface area contributed by atoms with Gasteiger partial charge in [0, 0.05) is 37.0 Å². The zero-order chi connectivity index (χ0) is 25.9. The first-order chi connectivity index (χ1) is 17.9. The first-order valence-electron chi connectivity index (χ1n) is 13.1.